The molecule has 4 nitrogen and oxygen atoms in total. The first-order valence-electron chi connectivity index (χ1n) is 5.79. The zero-order valence-electron chi connectivity index (χ0n) is 10.5. The van der Waals surface area contributed by atoms with Gasteiger partial charge in [0.2, 0.25) is 10.0 Å². The summed E-state index contributed by atoms with van der Waals surface area (Å²) in [6, 6.07) is 6.27. The molecule has 0 amide bonds. The van der Waals surface area contributed by atoms with Gasteiger partial charge in [-0.25, -0.2) is 12.7 Å². The number of aliphatic hydroxyl groups is 1. The molecule has 100 valence electrons. The quantitative estimate of drug-likeness (QED) is 0.606. The first kappa shape index (κ1) is 14.9. The monoisotopic (exact) mass is 269 g/mol. The molecule has 1 aromatic rings. The molecule has 0 bridgehead atoms. The highest BCUT2D eigenvalue weighted by Gasteiger charge is 2.19. The summed E-state index contributed by atoms with van der Waals surface area (Å²) in [5, 5.41) is 8.91. The van der Waals surface area contributed by atoms with E-state index >= 15 is 0 Å². The predicted octanol–water partition coefficient (Wildman–Crippen LogP) is 1.77. The van der Waals surface area contributed by atoms with E-state index in [0.717, 1.165) is 12.8 Å². The van der Waals surface area contributed by atoms with Gasteiger partial charge in [0.1, 0.15) is 0 Å². The van der Waals surface area contributed by atoms with Gasteiger partial charge in [-0.3, -0.25) is 0 Å². The third-order valence-corrected chi connectivity index (χ3v) is 4.57. The Balaban J connectivity index is 2.80. The van der Waals surface area contributed by atoms with Crippen LogP contribution in [0.1, 0.15) is 18.4 Å². The van der Waals surface area contributed by atoms with Gasteiger partial charge >= 0.3 is 0 Å². The number of rotatable bonds is 7. The Morgan fingerprint density at radius 3 is 2.44 bits per heavy atom. The number of nitrogens with zero attached hydrogens (tertiary/aromatic N) is 1. The minimum atomic E-state index is -3.43. The molecule has 0 fully saturated rings. The lowest BCUT2D eigenvalue weighted by Crippen LogP contribution is -2.27. The van der Waals surface area contributed by atoms with Gasteiger partial charge in [-0.2, -0.15) is 0 Å². The SMILES string of the molecule is C=CCCCN(C)S(=O)(=O)c1ccc(CO)cc1. The van der Waals surface area contributed by atoms with Gasteiger partial charge in [0.25, 0.3) is 0 Å². The summed E-state index contributed by atoms with van der Waals surface area (Å²) in [5.74, 6) is 0. The van der Waals surface area contributed by atoms with Crippen molar-refractivity contribution in [2.45, 2.75) is 24.3 Å². The average Bonchev–Trinajstić information content (AvgIpc) is 2.39. The second-order valence-corrected chi connectivity index (χ2v) is 6.10. The van der Waals surface area contributed by atoms with Crippen LogP contribution >= 0.6 is 0 Å². The molecule has 0 heterocycles. The first-order valence-corrected chi connectivity index (χ1v) is 7.23. The molecular formula is C13H19NO3S. The summed E-state index contributed by atoms with van der Waals surface area (Å²) < 4.78 is 25.7. The van der Waals surface area contributed by atoms with Gasteiger partial charge in [-0.1, -0.05) is 18.2 Å². The Hall–Kier alpha value is -1.17. The first-order chi connectivity index (χ1) is 8.52. The molecule has 18 heavy (non-hydrogen) atoms. The van der Waals surface area contributed by atoms with E-state index in [1.165, 1.54) is 16.4 Å². The molecule has 0 aliphatic rings. The molecule has 0 unspecified atom stereocenters. The number of hydrogen-bond acceptors (Lipinski definition) is 3. The molecular weight excluding hydrogens is 250 g/mol. The fraction of sp³-hybridized carbons (Fsp3) is 0.385. The lowest BCUT2D eigenvalue weighted by molar-refractivity contribution is 0.281. The predicted molar refractivity (Wildman–Crippen MR) is 71.6 cm³/mol. The highest BCUT2D eigenvalue weighted by Crippen LogP contribution is 2.15. The van der Waals surface area contributed by atoms with Crippen molar-refractivity contribution in [3.63, 3.8) is 0 Å². The largest absolute Gasteiger partial charge is 0.392 e. The summed E-state index contributed by atoms with van der Waals surface area (Å²) in [4.78, 5) is 0.251. The van der Waals surface area contributed by atoms with Crippen molar-refractivity contribution in [3.05, 3.63) is 42.5 Å². The van der Waals surface area contributed by atoms with Crippen LogP contribution in [0.2, 0.25) is 0 Å². The van der Waals surface area contributed by atoms with Crippen molar-refractivity contribution >= 4 is 10.0 Å². The second-order valence-electron chi connectivity index (χ2n) is 4.06. The third kappa shape index (κ3) is 3.66. The minimum absolute atomic E-state index is 0.0878. The number of unbranched alkanes of at least 4 members (excludes halogenated alkanes) is 1. The van der Waals surface area contributed by atoms with Gasteiger partial charge in [0.15, 0.2) is 0 Å². The normalized spacial score (nSPS) is 11.7. The summed E-state index contributed by atoms with van der Waals surface area (Å²) in [6.45, 7) is 3.99. The molecule has 5 heteroatoms. The number of allylic oxidation sites excluding steroid dienone is 1. The fourth-order valence-electron chi connectivity index (χ4n) is 1.53. The summed E-state index contributed by atoms with van der Waals surface area (Å²) in [6.07, 6.45) is 3.33. The molecule has 0 radical (unpaired) electrons. The van der Waals surface area contributed by atoms with E-state index < -0.39 is 10.0 Å². The van der Waals surface area contributed by atoms with Crippen molar-refractivity contribution in [2.75, 3.05) is 13.6 Å². The second kappa shape index (κ2) is 6.68. The zero-order valence-corrected chi connectivity index (χ0v) is 11.4. The molecule has 0 aliphatic heterocycles. The van der Waals surface area contributed by atoms with Crippen LogP contribution in [0.3, 0.4) is 0 Å². The highest BCUT2D eigenvalue weighted by atomic mass is 32.2. The Morgan fingerprint density at radius 1 is 1.33 bits per heavy atom. The molecule has 0 saturated heterocycles. The maximum atomic E-state index is 12.2. The van der Waals surface area contributed by atoms with Crippen LogP contribution < -0.4 is 0 Å². The van der Waals surface area contributed by atoms with Crippen LogP contribution in [0.4, 0.5) is 0 Å². The van der Waals surface area contributed by atoms with Crippen LogP contribution in [0.5, 0.6) is 0 Å². The standard InChI is InChI=1S/C13H19NO3S/c1-3-4-5-10-14(2)18(16,17)13-8-6-12(11-15)7-9-13/h3,6-9,15H,1,4-5,10-11H2,2H3. The van der Waals surface area contributed by atoms with Crippen molar-refractivity contribution in [3.8, 4) is 0 Å². The maximum absolute atomic E-state index is 12.2. The number of sulfonamides is 1. The third-order valence-electron chi connectivity index (χ3n) is 2.70. The van der Waals surface area contributed by atoms with E-state index in [9.17, 15) is 8.42 Å². The van der Waals surface area contributed by atoms with Crippen molar-refractivity contribution in [1.29, 1.82) is 0 Å². The molecule has 1 aromatic carbocycles. The molecule has 0 spiro atoms. The molecule has 0 aliphatic carbocycles. The molecule has 1 rings (SSSR count). The number of benzene rings is 1. The maximum Gasteiger partial charge on any atom is 0.242 e. The molecule has 0 aromatic heterocycles. The molecule has 0 atom stereocenters. The van der Waals surface area contributed by atoms with Gasteiger partial charge in [-0.05, 0) is 30.5 Å². The molecule has 0 saturated carbocycles. The van der Waals surface area contributed by atoms with Crippen LogP contribution in [-0.4, -0.2) is 31.4 Å². The molecule has 1 N–H and O–H groups in total. The van der Waals surface area contributed by atoms with Crippen LogP contribution in [-0.2, 0) is 16.6 Å². The Labute approximate surface area is 109 Å². The number of aliphatic hydroxyl groups excluding tert-OH is 1. The van der Waals surface area contributed by atoms with E-state index in [4.69, 9.17) is 5.11 Å². The van der Waals surface area contributed by atoms with E-state index in [-0.39, 0.29) is 11.5 Å². The average molecular weight is 269 g/mol. The Bertz CT molecular complexity index is 479. The van der Waals surface area contributed by atoms with Gasteiger partial charge in [0, 0.05) is 13.6 Å². The summed E-state index contributed by atoms with van der Waals surface area (Å²) in [7, 11) is -1.86. The van der Waals surface area contributed by atoms with Gasteiger partial charge < -0.3 is 5.11 Å². The minimum Gasteiger partial charge on any atom is -0.392 e. The highest BCUT2D eigenvalue weighted by molar-refractivity contribution is 7.89. The fourth-order valence-corrected chi connectivity index (χ4v) is 2.73. The Morgan fingerprint density at radius 2 is 1.94 bits per heavy atom. The zero-order chi connectivity index (χ0) is 13.6. The van der Waals surface area contributed by atoms with Crippen molar-refractivity contribution < 1.29 is 13.5 Å². The summed E-state index contributed by atoms with van der Waals surface area (Å²) >= 11 is 0. The van der Waals surface area contributed by atoms with Crippen LogP contribution in [0, 0.1) is 0 Å². The van der Waals surface area contributed by atoms with Crippen LogP contribution in [0.25, 0.3) is 0 Å². The smallest absolute Gasteiger partial charge is 0.242 e. The summed E-state index contributed by atoms with van der Waals surface area (Å²) in [5.41, 5.74) is 0.697. The lowest BCUT2D eigenvalue weighted by atomic mass is 10.2. The van der Waals surface area contributed by atoms with Crippen molar-refractivity contribution in [1.82, 2.24) is 4.31 Å². The van der Waals surface area contributed by atoms with E-state index in [0.29, 0.717) is 12.1 Å². The van der Waals surface area contributed by atoms with E-state index in [2.05, 4.69) is 6.58 Å². The van der Waals surface area contributed by atoms with E-state index in [1.807, 2.05) is 0 Å². The number of hydrogen-bond donors (Lipinski definition) is 1. The van der Waals surface area contributed by atoms with Gasteiger partial charge in [0.05, 0.1) is 11.5 Å². The van der Waals surface area contributed by atoms with Crippen molar-refractivity contribution in [2.24, 2.45) is 0 Å². The lowest BCUT2D eigenvalue weighted by Gasteiger charge is -2.16. The van der Waals surface area contributed by atoms with Crippen LogP contribution in [0.15, 0.2) is 41.8 Å². The van der Waals surface area contributed by atoms with Gasteiger partial charge in [-0.15, -0.1) is 6.58 Å². The topological polar surface area (TPSA) is 57.6 Å². The van der Waals surface area contributed by atoms with E-state index in [1.54, 1.807) is 25.3 Å². The Kier molecular flexibility index (Phi) is 5.53.